The van der Waals surface area contributed by atoms with Crippen LogP contribution in [0.3, 0.4) is 0 Å². The van der Waals surface area contributed by atoms with Gasteiger partial charge in [0.1, 0.15) is 5.69 Å². The van der Waals surface area contributed by atoms with Gasteiger partial charge in [-0.15, -0.1) is 0 Å². The summed E-state index contributed by atoms with van der Waals surface area (Å²) in [6.07, 6.45) is 4.71. The van der Waals surface area contributed by atoms with Crippen molar-refractivity contribution in [3.8, 4) is 0 Å². The molecule has 4 nitrogen and oxygen atoms in total. The maximum absolute atomic E-state index is 12.2. The number of nitrogens with zero attached hydrogens (tertiary/aromatic N) is 3. The van der Waals surface area contributed by atoms with E-state index in [1.54, 1.807) is 10.9 Å². The lowest BCUT2D eigenvalue weighted by atomic mass is 9.81. The number of rotatable bonds is 5. The summed E-state index contributed by atoms with van der Waals surface area (Å²) in [7, 11) is 4.00. The highest BCUT2D eigenvalue weighted by Crippen LogP contribution is 2.31. The molecule has 0 radical (unpaired) electrons. The van der Waals surface area contributed by atoms with Gasteiger partial charge in [0.15, 0.2) is 5.78 Å². The average molecular weight is 256 g/mol. The molecular formula is C12H18ClN3O. The fraction of sp³-hybridized carbons (Fsp3) is 0.667. The molecule has 0 bridgehead atoms. The lowest BCUT2D eigenvalue weighted by Crippen LogP contribution is -2.27. The number of aromatic nitrogens is 2. The first-order valence-electron chi connectivity index (χ1n) is 6.00. The van der Waals surface area contributed by atoms with Gasteiger partial charge >= 0.3 is 0 Å². The molecule has 0 aromatic carbocycles. The molecule has 0 aliphatic heterocycles. The third-order valence-corrected chi connectivity index (χ3v) is 3.54. The van der Waals surface area contributed by atoms with Crippen LogP contribution < -0.4 is 0 Å². The van der Waals surface area contributed by atoms with E-state index >= 15 is 0 Å². The summed E-state index contributed by atoms with van der Waals surface area (Å²) < 4.78 is 1.74. The summed E-state index contributed by atoms with van der Waals surface area (Å²) in [5, 5.41) is 4.67. The molecule has 1 aromatic heterocycles. The van der Waals surface area contributed by atoms with Crippen LogP contribution in [0.1, 0.15) is 29.8 Å². The number of hydrogen-bond acceptors (Lipinski definition) is 3. The first-order valence-corrected chi connectivity index (χ1v) is 6.37. The molecule has 0 amide bonds. The van der Waals surface area contributed by atoms with Crippen LogP contribution in [0.25, 0.3) is 0 Å². The third kappa shape index (κ3) is 2.69. The Labute approximate surface area is 107 Å². The Hall–Kier alpha value is -0.870. The van der Waals surface area contributed by atoms with Gasteiger partial charge in [0.25, 0.3) is 0 Å². The van der Waals surface area contributed by atoms with Crippen LogP contribution in [0.5, 0.6) is 0 Å². The predicted octanol–water partition coefficient (Wildman–Crippen LogP) is 2.08. The molecule has 5 heteroatoms. The second kappa shape index (κ2) is 5.19. The first-order chi connectivity index (χ1) is 8.09. The zero-order valence-corrected chi connectivity index (χ0v) is 11.1. The second-order valence-electron chi connectivity index (χ2n) is 4.86. The van der Waals surface area contributed by atoms with E-state index in [1.165, 1.54) is 0 Å². The van der Waals surface area contributed by atoms with Crippen LogP contribution in [0.15, 0.2) is 6.20 Å². The Balaban J connectivity index is 2.13. The minimum Gasteiger partial charge on any atom is -0.308 e. The maximum Gasteiger partial charge on any atom is 0.185 e. The molecule has 0 unspecified atom stereocenters. The van der Waals surface area contributed by atoms with Gasteiger partial charge in [-0.1, -0.05) is 18.0 Å². The Kier molecular flexibility index (Phi) is 3.84. The zero-order valence-electron chi connectivity index (χ0n) is 10.3. The molecule has 1 saturated carbocycles. The van der Waals surface area contributed by atoms with Crippen molar-refractivity contribution in [1.82, 2.24) is 14.7 Å². The highest BCUT2D eigenvalue weighted by molar-refractivity contribution is 6.33. The first kappa shape index (κ1) is 12.6. The van der Waals surface area contributed by atoms with Gasteiger partial charge in [-0.3, -0.25) is 9.48 Å². The molecule has 17 heavy (non-hydrogen) atoms. The highest BCUT2D eigenvalue weighted by Gasteiger charge is 2.30. The van der Waals surface area contributed by atoms with Gasteiger partial charge in [0.2, 0.25) is 0 Å². The van der Waals surface area contributed by atoms with E-state index in [9.17, 15) is 4.79 Å². The predicted molar refractivity (Wildman–Crippen MR) is 67.5 cm³/mol. The normalized spacial score (nSPS) is 16.2. The SMILES string of the molecule is CN(C)CCn1ncc(Cl)c1C(=O)C1CCC1. The summed E-state index contributed by atoms with van der Waals surface area (Å²) >= 11 is 6.06. The number of likely N-dealkylation sites (N-methyl/N-ethyl adjacent to an activating group) is 1. The van der Waals surface area contributed by atoms with Crippen LogP contribution in [-0.4, -0.2) is 41.1 Å². The monoisotopic (exact) mass is 255 g/mol. The lowest BCUT2D eigenvalue weighted by Gasteiger charge is -2.24. The molecular weight excluding hydrogens is 238 g/mol. The fourth-order valence-electron chi connectivity index (χ4n) is 1.94. The van der Waals surface area contributed by atoms with Crippen molar-refractivity contribution < 1.29 is 4.79 Å². The van der Waals surface area contributed by atoms with Crippen molar-refractivity contribution in [3.63, 3.8) is 0 Å². The third-order valence-electron chi connectivity index (χ3n) is 3.26. The summed E-state index contributed by atoms with van der Waals surface area (Å²) in [5.41, 5.74) is 0.596. The molecule has 0 atom stereocenters. The Morgan fingerprint density at radius 1 is 1.59 bits per heavy atom. The van der Waals surface area contributed by atoms with Gasteiger partial charge in [-0.05, 0) is 26.9 Å². The van der Waals surface area contributed by atoms with Crippen molar-refractivity contribution in [2.45, 2.75) is 25.8 Å². The van der Waals surface area contributed by atoms with Crippen molar-refractivity contribution in [2.75, 3.05) is 20.6 Å². The quantitative estimate of drug-likeness (QED) is 0.756. The summed E-state index contributed by atoms with van der Waals surface area (Å²) in [6.45, 7) is 1.55. The van der Waals surface area contributed by atoms with Gasteiger partial charge in [-0.25, -0.2) is 0 Å². The number of Topliss-reactive ketones (excluding diaryl/α,β-unsaturated/α-hetero) is 1. The van der Waals surface area contributed by atoms with Crippen molar-refractivity contribution in [1.29, 1.82) is 0 Å². The minimum absolute atomic E-state index is 0.164. The number of ketones is 1. The molecule has 1 aliphatic rings. The molecule has 1 aliphatic carbocycles. The van der Waals surface area contributed by atoms with Gasteiger partial charge in [0, 0.05) is 12.5 Å². The molecule has 1 aromatic rings. The number of carbonyl (C=O) groups is 1. The summed E-state index contributed by atoms with van der Waals surface area (Å²) in [6, 6.07) is 0. The van der Waals surface area contributed by atoms with E-state index in [-0.39, 0.29) is 11.7 Å². The molecule has 2 rings (SSSR count). The molecule has 1 fully saturated rings. The molecule has 1 heterocycles. The zero-order chi connectivity index (χ0) is 12.4. The molecule has 0 saturated heterocycles. The van der Waals surface area contributed by atoms with Gasteiger partial charge in [0.05, 0.1) is 17.8 Å². The fourth-order valence-corrected chi connectivity index (χ4v) is 2.17. The van der Waals surface area contributed by atoms with E-state index in [2.05, 4.69) is 10.00 Å². The van der Waals surface area contributed by atoms with Gasteiger partial charge in [-0.2, -0.15) is 5.10 Å². The minimum atomic E-state index is 0.164. The van der Waals surface area contributed by atoms with E-state index < -0.39 is 0 Å². The van der Waals surface area contributed by atoms with Crippen LogP contribution in [0.4, 0.5) is 0 Å². The van der Waals surface area contributed by atoms with Crippen molar-refractivity contribution >= 4 is 17.4 Å². The smallest absolute Gasteiger partial charge is 0.185 e. The number of halogens is 1. The Morgan fingerprint density at radius 2 is 2.29 bits per heavy atom. The van der Waals surface area contributed by atoms with E-state index in [0.717, 1.165) is 25.8 Å². The average Bonchev–Trinajstić information content (AvgIpc) is 2.53. The van der Waals surface area contributed by atoms with Crippen LogP contribution in [0.2, 0.25) is 5.02 Å². The largest absolute Gasteiger partial charge is 0.308 e. The summed E-state index contributed by atoms with van der Waals surface area (Å²) in [5.74, 6) is 0.333. The standard InChI is InChI=1S/C12H18ClN3O/c1-15(2)6-7-16-11(10(13)8-14-16)12(17)9-4-3-5-9/h8-9H,3-7H2,1-2H3. The maximum atomic E-state index is 12.2. The lowest BCUT2D eigenvalue weighted by molar-refractivity contribution is 0.0843. The highest BCUT2D eigenvalue weighted by atomic mass is 35.5. The van der Waals surface area contributed by atoms with Crippen LogP contribution >= 0.6 is 11.6 Å². The number of carbonyl (C=O) groups excluding carboxylic acids is 1. The second-order valence-corrected chi connectivity index (χ2v) is 5.27. The van der Waals surface area contributed by atoms with E-state index in [4.69, 9.17) is 11.6 Å². The van der Waals surface area contributed by atoms with E-state index in [1.807, 2.05) is 14.1 Å². The summed E-state index contributed by atoms with van der Waals surface area (Å²) in [4.78, 5) is 14.3. The molecule has 0 spiro atoms. The van der Waals surface area contributed by atoms with Crippen molar-refractivity contribution in [3.05, 3.63) is 16.9 Å². The Bertz CT molecular complexity index is 410. The Morgan fingerprint density at radius 3 is 2.82 bits per heavy atom. The topological polar surface area (TPSA) is 38.1 Å². The van der Waals surface area contributed by atoms with Crippen LogP contribution in [0, 0.1) is 5.92 Å². The molecule has 0 N–H and O–H groups in total. The van der Waals surface area contributed by atoms with Crippen molar-refractivity contribution in [2.24, 2.45) is 5.92 Å². The van der Waals surface area contributed by atoms with E-state index in [0.29, 0.717) is 17.3 Å². The number of hydrogen-bond donors (Lipinski definition) is 0. The van der Waals surface area contributed by atoms with Gasteiger partial charge < -0.3 is 4.90 Å². The van der Waals surface area contributed by atoms with Crippen LogP contribution in [-0.2, 0) is 6.54 Å². The molecule has 94 valence electrons.